The van der Waals surface area contributed by atoms with Crippen LogP contribution in [0, 0.1) is 17.8 Å². The lowest BCUT2D eigenvalue weighted by atomic mass is 9.83. The molecule has 0 bridgehead atoms. The van der Waals surface area contributed by atoms with E-state index in [4.69, 9.17) is 9.15 Å². The maximum absolute atomic E-state index is 13.7. The third-order valence-corrected chi connectivity index (χ3v) is 6.94. The lowest BCUT2D eigenvalue weighted by Crippen LogP contribution is -2.39. The predicted molar refractivity (Wildman–Crippen MR) is 112 cm³/mol. The van der Waals surface area contributed by atoms with Crippen molar-refractivity contribution in [2.45, 2.75) is 19.8 Å². The summed E-state index contributed by atoms with van der Waals surface area (Å²) in [6.07, 6.45) is 1.37. The Morgan fingerprint density at radius 2 is 1.77 bits per heavy atom. The lowest BCUT2D eigenvalue weighted by Gasteiger charge is -2.22. The Hall–Kier alpha value is -2.99. The highest BCUT2D eigenvalue weighted by atomic mass is 79.9. The molecule has 5 nitrogen and oxygen atoms in total. The van der Waals surface area contributed by atoms with Gasteiger partial charge in [-0.1, -0.05) is 52.7 Å². The topological polar surface area (TPSA) is 73.6 Å². The molecule has 5 rings (SSSR count). The fourth-order valence-electron chi connectivity index (χ4n) is 4.89. The number of halogens is 1. The van der Waals surface area contributed by atoms with E-state index in [1.165, 1.54) is 12.3 Å². The lowest BCUT2D eigenvalue weighted by molar-refractivity contribution is -0.140. The van der Waals surface area contributed by atoms with Gasteiger partial charge in [0.05, 0.1) is 11.7 Å². The first-order valence-electron chi connectivity index (χ1n) is 9.53. The van der Waals surface area contributed by atoms with Crippen LogP contribution in [-0.4, -0.2) is 17.5 Å². The van der Waals surface area contributed by atoms with Gasteiger partial charge in [-0.3, -0.25) is 14.4 Å². The molecule has 1 aliphatic carbocycles. The molecule has 1 saturated carbocycles. The molecule has 150 valence electrons. The summed E-state index contributed by atoms with van der Waals surface area (Å²) >= 11 is 3.44. The second-order valence-electron chi connectivity index (χ2n) is 8.02. The number of carbonyl (C=O) groups excluding carboxylic acids is 3. The van der Waals surface area contributed by atoms with Gasteiger partial charge < -0.3 is 9.15 Å². The highest BCUT2D eigenvalue weighted by molar-refractivity contribution is 9.10. The Morgan fingerprint density at radius 3 is 2.43 bits per heavy atom. The van der Waals surface area contributed by atoms with Crippen molar-refractivity contribution < 1.29 is 23.5 Å². The fraction of sp³-hybridized carbons (Fsp3) is 0.208. The summed E-state index contributed by atoms with van der Waals surface area (Å²) in [7, 11) is 0. The van der Waals surface area contributed by atoms with E-state index in [1.807, 2.05) is 25.1 Å². The Balaban J connectivity index is 1.73. The summed E-state index contributed by atoms with van der Waals surface area (Å²) < 4.78 is 11.7. The third-order valence-electron chi connectivity index (χ3n) is 6.44. The molecule has 0 spiro atoms. The fourth-order valence-corrected chi connectivity index (χ4v) is 5.27. The Labute approximate surface area is 181 Å². The van der Waals surface area contributed by atoms with E-state index >= 15 is 0 Å². The van der Waals surface area contributed by atoms with Crippen molar-refractivity contribution in [3.8, 4) is 5.75 Å². The van der Waals surface area contributed by atoms with E-state index in [-0.39, 0.29) is 11.5 Å². The maximum atomic E-state index is 13.7. The monoisotopic (exact) mass is 464 g/mol. The second-order valence-corrected chi connectivity index (χ2v) is 8.93. The van der Waals surface area contributed by atoms with Crippen molar-refractivity contribution in [2.24, 2.45) is 10.8 Å². The Kier molecular flexibility index (Phi) is 3.96. The number of ketones is 2. The molecule has 2 heterocycles. The summed E-state index contributed by atoms with van der Waals surface area (Å²) in [4.78, 5) is 40.6. The first-order chi connectivity index (χ1) is 14.3. The molecule has 6 heteroatoms. The highest BCUT2D eigenvalue weighted by Gasteiger charge is 2.88. The standard InChI is InChI=1S/C24H17BrO5/c1-13-5-7-14(8-6-13)20(26)23(2)19-16-12-15(25)9-10-17(16)30-22(28)24(19,23)21(27)18-4-3-11-29-18/h3-12,19H,1-2H3/t19-,23+,24+/m1/s1. The van der Waals surface area contributed by atoms with Crippen molar-refractivity contribution in [3.63, 3.8) is 0 Å². The minimum absolute atomic E-state index is 0.0378. The number of Topliss-reactive ketones (excluding diaryl/α,β-unsaturated/α-hetero) is 2. The zero-order valence-electron chi connectivity index (χ0n) is 16.3. The van der Waals surface area contributed by atoms with E-state index in [0.717, 1.165) is 10.0 Å². The van der Waals surface area contributed by atoms with Crippen LogP contribution in [0.4, 0.5) is 0 Å². The van der Waals surface area contributed by atoms with Crippen molar-refractivity contribution in [1.29, 1.82) is 0 Å². The molecule has 0 saturated heterocycles. The number of fused-ring (bicyclic) bond motifs is 3. The molecule has 2 aliphatic rings. The number of benzene rings is 2. The number of aryl methyl sites for hydroxylation is 1. The van der Waals surface area contributed by atoms with E-state index in [0.29, 0.717) is 16.9 Å². The number of hydrogen-bond donors (Lipinski definition) is 0. The van der Waals surface area contributed by atoms with E-state index in [9.17, 15) is 14.4 Å². The zero-order chi connectivity index (χ0) is 21.3. The van der Waals surface area contributed by atoms with Gasteiger partial charge in [0, 0.05) is 21.5 Å². The molecule has 0 radical (unpaired) electrons. The van der Waals surface area contributed by atoms with Crippen LogP contribution in [0.2, 0.25) is 0 Å². The molecule has 0 unspecified atom stereocenters. The molecule has 0 N–H and O–H groups in total. The summed E-state index contributed by atoms with van der Waals surface area (Å²) in [6, 6.07) is 15.5. The zero-order valence-corrected chi connectivity index (χ0v) is 17.9. The van der Waals surface area contributed by atoms with Crippen molar-refractivity contribution >= 4 is 33.5 Å². The van der Waals surface area contributed by atoms with Crippen LogP contribution in [0.3, 0.4) is 0 Å². The Morgan fingerprint density at radius 1 is 1.03 bits per heavy atom. The first-order valence-corrected chi connectivity index (χ1v) is 10.3. The van der Waals surface area contributed by atoms with E-state index in [1.54, 1.807) is 37.3 Å². The number of carbonyl (C=O) groups is 3. The summed E-state index contributed by atoms with van der Waals surface area (Å²) in [5, 5.41) is 0. The third kappa shape index (κ3) is 2.25. The van der Waals surface area contributed by atoms with Gasteiger partial charge in [-0.2, -0.15) is 0 Å². The number of furan rings is 1. The Bertz CT molecular complexity index is 1210. The average molecular weight is 465 g/mol. The van der Waals surface area contributed by atoms with E-state index in [2.05, 4.69) is 15.9 Å². The van der Waals surface area contributed by atoms with E-state index < -0.39 is 28.5 Å². The average Bonchev–Trinajstić information content (AvgIpc) is 3.04. The number of ether oxygens (including phenoxy) is 1. The molecule has 3 atom stereocenters. The SMILES string of the molecule is Cc1ccc(C(=O)[C@]2(C)[C@H]3c4cc(Br)ccc4OC(=O)[C@@]32C(=O)c2ccco2)cc1. The first kappa shape index (κ1) is 19.0. The largest absolute Gasteiger partial charge is 0.461 e. The summed E-state index contributed by atoms with van der Waals surface area (Å²) in [6.45, 7) is 3.61. The normalized spacial score (nSPS) is 26.4. The molecule has 2 aromatic carbocycles. The maximum Gasteiger partial charge on any atom is 0.327 e. The van der Waals surface area contributed by atoms with Gasteiger partial charge in [-0.05, 0) is 37.3 Å². The smallest absolute Gasteiger partial charge is 0.327 e. The van der Waals surface area contributed by atoms with Gasteiger partial charge in [0.15, 0.2) is 17.0 Å². The van der Waals surface area contributed by atoms with Crippen LogP contribution < -0.4 is 4.74 Å². The van der Waals surface area contributed by atoms with Crippen molar-refractivity contribution in [2.75, 3.05) is 0 Å². The van der Waals surface area contributed by atoms with Crippen molar-refractivity contribution in [1.82, 2.24) is 0 Å². The number of rotatable bonds is 4. The second kappa shape index (κ2) is 6.25. The molecule has 0 amide bonds. The predicted octanol–water partition coefficient (Wildman–Crippen LogP) is 5.13. The van der Waals surface area contributed by atoms with Crippen LogP contribution >= 0.6 is 15.9 Å². The molecule has 1 fully saturated rings. The molecular weight excluding hydrogens is 448 g/mol. The minimum atomic E-state index is -1.67. The quantitative estimate of drug-likeness (QED) is 0.231. The van der Waals surface area contributed by atoms with Gasteiger partial charge in [0.2, 0.25) is 5.78 Å². The summed E-state index contributed by atoms with van der Waals surface area (Å²) in [5.41, 5.74) is -0.837. The van der Waals surface area contributed by atoms with Crippen LogP contribution in [0.5, 0.6) is 5.75 Å². The molecule has 1 aromatic heterocycles. The highest BCUT2D eigenvalue weighted by Crippen LogP contribution is 2.79. The minimum Gasteiger partial charge on any atom is -0.461 e. The van der Waals surface area contributed by atoms with Gasteiger partial charge in [-0.25, -0.2) is 0 Å². The van der Waals surface area contributed by atoms with Gasteiger partial charge >= 0.3 is 5.97 Å². The van der Waals surface area contributed by atoms with Crippen LogP contribution in [0.1, 0.15) is 44.9 Å². The van der Waals surface area contributed by atoms with Crippen LogP contribution in [0.15, 0.2) is 69.8 Å². The van der Waals surface area contributed by atoms with Gasteiger partial charge in [-0.15, -0.1) is 0 Å². The van der Waals surface area contributed by atoms with Gasteiger partial charge in [0.25, 0.3) is 0 Å². The molecule has 3 aromatic rings. The number of hydrogen-bond acceptors (Lipinski definition) is 5. The van der Waals surface area contributed by atoms with Crippen molar-refractivity contribution in [3.05, 3.63) is 87.8 Å². The number of esters is 1. The van der Waals surface area contributed by atoms with Gasteiger partial charge in [0.1, 0.15) is 5.75 Å². The van der Waals surface area contributed by atoms with Crippen LogP contribution in [-0.2, 0) is 4.79 Å². The van der Waals surface area contributed by atoms with Crippen LogP contribution in [0.25, 0.3) is 0 Å². The summed E-state index contributed by atoms with van der Waals surface area (Å²) in [5.74, 6) is -1.75. The molecule has 1 aliphatic heterocycles. The molecule has 30 heavy (non-hydrogen) atoms. The molecular formula is C24H17BrO5.